The third kappa shape index (κ3) is 4.97. The molecule has 0 atom stereocenters. The van der Waals surface area contributed by atoms with E-state index in [9.17, 15) is 4.79 Å². The minimum Gasteiger partial charge on any atom is -1.00 e. The van der Waals surface area contributed by atoms with Crippen molar-refractivity contribution >= 4 is 5.91 Å². The molecule has 1 aliphatic rings. The molecule has 66 valence electrons. The molecule has 1 fully saturated rings. The Morgan fingerprint density at radius 3 is 2.50 bits per heavy atom. The van der Waals surface area contributed by atoms with Crippen molar-refractivity contribution in [2.45, 2.75) is 51.5 Å². The van der Waals surface area contributed by atoms with Gasteiger partial charge in [-0.15, -0.1) is 0 Å². The second-order valence-electron chi connectivity index (χ2n) is 3.26. The minimum absolute atomic E-state index is 0. The number of hydrogen-bond acceptors (Lipinski definition) is 1. The monoisotopic (exact) mass is 195 g/mol. The average molecular weight is 195 g/mol. The van der Waals surface area contributed by atoms with E-state index in [0.717, 1.165) is 0 Å². The zero-order chi connectivity index (χ0) is 8.10. The molecule has 12 heavy (non-hydrogen) atoms. The van der Waals surface area contributed by atoms with E-state index >= 15 is 0 Å². The van der Waals surface area contributed by atoms with Gasteiger partial charge in [-0.3, -0.25) is 4.79 Å². The first kappa shape index (κ1) is 13.1. The van der Waals surface area contributed by atoms with Crippen molar-refractivity contribution in [1.29, 1.82) is 0 Å². The molecule has 1 amide bonds. The first-order valence-electron chi connectivity index (χ1n) is 4.62. The molecular formula is C9H18KNO. The SMILES string of the molecule is CCC(=O)NC1CCCCC1.[H-].[K+]. The third-order valence-electron chi connectivity index (χ3n) is 2.29. The van der Waals surface area contributed by atoms with Crippen molar-refractivity contribution in [2.24, 2.45) is 0 Å². The Morgan fingerprint density at radius 1 is 1.42 bits per heavy atom. The molecule has 0 radical (unpaired) electrons. The zero-order valence-corrected chi connectivity index (χ0v) is 11.4. The van der Waals surface area contributed by atoms with Crippen molar-refractivity contribution in [3.8, 4) is 0 Å². The van der Waals surface area contributed by atoms with Crippen LogP contribution in [0, 0.1) is 0 Å². The summed E-state index contributed by atoms with van der Waals surface area (Å²) in [6.07, 6.45) is 6.91. The van der Waals surface area contributed by atoms with Crippen LogP contribution in [0.15, 0.2) is 0 Å². The zero-order valence-electron chi connectivity index (χ0n) is 9.23. The summed E-state index contributed by atoms with van der Waals surface area (Å²) in [5.74, 6) is 0.205. The van der Waals surface area contributed by atoms with E-state index in [1.165, 1.54) is 32.1 Å². The van der Waals surface area contributed by atoms with Gasteiger partial charge in [0.2, 0.25) is 5.91 Å². The quantitative estimate of drug-likeness (QED) is 0.561. The number of nitrogens with one attached hydrogen (secondary N) is 1. The Hall–Kier alpha value is 1.11. The van der Waals surface area contributed by atoms with Crippen LogP contribution in [0.1, 0.15) is 46.9 Å². The van der Waals surface area contributed by atoms with Crippen LogP contribution in [0.3, 0.4) is 0 Å². The predicted octanol–water partition coefficient (Wildman–Crippen LogP) is -1.04. The maximum Gasteiger partial charge on any atom is 1.00 e. The van der Waals surface area contributed by atoms with Gasteiger partial charge in [0.25, 0.3) is 0 Å². The molecule has 0 aromatic rings. The maximum atomic E-state index is 11.0. The van der Waals surface area contributed by atoms with E-state index in [0.29, 0.717) is 12.5 Å². The summed E-state index contributed by atoms with van der Waals surface area (Å²) >= 11 is 0. The Labute approximate surface area is 119 Å². The molecule has 3 heteroatoms. The van der Waals surface area contributed by atoms with Gasteiger partial charge in [-0.05, 0) is 12.8 Å². The molecule has 0 saturated heterocycles. The molecule has 0 heterocycles. The average Bonchev–Trinajstić information content (AvgIpc) is 2.06. The molecule has 0 bridgehead atoms. The molecule has 1 saturated carbocycles. The van der Waals surface area contributed by atoms with Gasteiger partial charge in [0, 0.05) is 12.5 Å². The summed E-state index contributed by atoms with van der Waals surface area (Å²) in [4.78, 5) is 11.0. The summed E-state index contributed by atoms with van der Waals surface area (Å²) in [6.45, 7) is 1.90. The molecule has 0 aromatic carbocycles. The van der Waals surface area contributed by atoms with Crippen LogP contribution in [0.5, 0.6) is 0 Å². The fraction of sp³-hybridized carbons (Fsp3) is 0.889. The Morgan fingerprint density at radius 2 is 2.00 bits per heavy atom. The molecular weight excluding hydrogens is 177 g/mol. The predicted molar refractivity (Wildman–Crippen MR) is 46.4 cm³/mol. The van der Waals surface area contributed by atoms with Crippen LogP contribution in [-0.2, 0) is 4.79 Å². The minimum atomic E-state index is 0. The summed E-state index contributed by atoms with van der Waals surface area (Å²) in [6, 6.07) is 0.483. The molecule has 1 N–H and O–H groups in total. The second-order valence-corrected chi connectivity index (χ2v) is 3.26. The smallest absolute Gasteiger partial charge is 1.00 e. The molecule has 1 aliphatic carbocycles. The largest absolute Gasteiger partial charge is 1.00 e. The number of hydrogen-bond donors (Lipinski definition) is 1. The van der Waals surface area contributed by atoms with Crippen molar-refractivity contribution in [3.05, 3.63) is 0 Å². The summed E-state index contributed by atoms with van der Waals surface area (Å²) in [7, 11) is 0. The van der Waals surface area contributed by atoms with E-state index in [4.69, 9.17) is 0 Å². The van der Waals surface area contributed by atoms with Crippen LogP contribution in [0.4, 0.5) is 0 Å². The van der Waals surface area contributed by atoms with E-state index in [-0.39, 0.29) is 58.7 Å². The molecule has 0 spiro atoms. The van der Waals surface area contributed by atoms with Crippen LogP contribution in [-0.4, -0.2) is 11.9 Å². The van der Waals surface area contributed by atoms with Gasteiger partial charge in [0.1, 0.15) is 0 Å². The van der Waals surface area contributed by atoms with Crippen LogP contribution in [0.25, 0.3) is 0 Å². The standard InChI is InChI=1S/C9H17NO.K.H/c1-2-9(11)10-8-6-4-3-5-7-8;;/h8H,2-7H2,1H3,(H,10,11);;/q;+1;-1. The number of rotatable bonds is 2. The van der Waals surface area contributed by atoms with E-state index in [1.54, 1.807) is 0 Å². The van der Waals surface area contributed by atoms with Gasteiger partial charge >= 0.3 is 51.4 Å². The van der Waals surface area contributed by atoms with Crippen LogP contribution >= 0.6 is 0 Å². The summed E-state index contributed by atoms with van der Waals surface area (Å²) < 4.78 is 0. The Balaban J connectivity index is 0. The summed E-state index contributed by atoms with van der Waals surface area (Å²) in [5, 5.41) is 3.03. The summed E-state index contributed by atoms with van der Waals surface area (Å²) in [5.41, 5.74) is 0. The molecule has 0 aliphatic heterocycles. The van der Waals surface area contributed by atoms with Gasteiger partial charge < -0.3 is 6.74 Å². The van der Waals surface area contributed by atoms with Crippen molar-refractivity contribution in [3.63, 3.8) is 0 Å². The van der Waals surface area contributed by atoms with Crippen molar-refractivity contribution in [1.82, 2.24) is 5.32 Å². The molecule has 0 aromatic heterocycles. The van der Waals surface area contributed by atoms with Crippen molar-refractivity contribution < 1.29 is 57.6 Å². The van der Waals surface area contributed by atoms with E-state index < -0.39 is 0 Å². The fourth-order valence-electron chi connectivity index (χ4n) is 1.58. The van der Waals surface area contributed by atoms with Gasteiger partial charge in [0.15, 0.2) is 0 Å². The van der Waals surface area contributed by atoms with Crippen molar-refractivity contribution in [2.75, 3.05) is 0 Å². The first-order chi connectivity index (χ1) is 5.33. The van der Waals surface area contributed by atoms with Crippen LogP contribution in [0.2, 0.25) is 0 Å². The second kappa shape index (κ2) is 7.50. The fourth-order valence-corrected chi connectivity index (χ4v) is 1.58. The van der Waals surface area contributed by atoms with Crippen LogP contribution < -0.4 is 56.7 Å². The van der Waals surface area contributed by atoms with Gasteiger partial charge in [-0.25, -0.2) is 0 Å². The Kier molecular flexibility index (Phi) is 8.20. The topological polar surface area (TPSA) is 29.1 Å². The maximum absolute atomic E-state index is 11.0. The third-order valence-corrected chi connectivity index (χ3v) is 2.29. The van der Waals surface area contributed by atoms with Gasteiger partial charge in [-0.1, -0.05) is 26.2 Å². The number of amides is 1. The van der Waals surface area contributed by atoms with Gasteiger partial charge in [-0.2, -0.15) is 0 Å². The normalized spacial score (nSPS) is 18.1. The number of carbonyl (C=O) groups is 1. The van der Waals surface area contributed by atoms with Gasteiger partial charge in [0.05, 0.1) is 0 Å². The van der Waals surface area contributed by atoms with E-state index in [2.05, 4.69) is 5.32 Å². The number of carbonyl (C=O) groups excluding carboxylic acids is 1. The van der Waals surface area contributed by atoms with E-state index in [1.807, 2.05) is 6.92 Å². The molecule has 1 rings (SSSR count). The molecule has 2 nitrogen and oxygen atoms in total. The molecule has 0 unspecified atom stereocenters. The Bertz CT molecular complexity index is 138. The first-order valence-corrected chi connectivity index (χ1v) is 4.62.